The summed E-state index contributed by atoms with van der Waals surface area (Å²) in [7, 11) is -3.17. The first-order valence-corrected chi connectivity index (χ1v) is 8.43. The number of halogens is 1. The highest BCUT2D eigenvalue weighted by Crippen LogP contribution is 2.23. The maximum Gasteiger partial charge on any atom is 0.230 e. The second kappa shape index (κ2) is 5.22. The van der Waals surface area contributed by atoms with Gasteiger partial charge in [0.25, 0.3) is 0 Å². The molecule has 1 saturated heterocycles. The highest BCUT2D eigenvalue weighted by Gasteiger charge is 2.37. The Kier molecular flexibility index (Phi) is 3.98. The molecule has 1 N–H and O–H groups in total. The molecule has 0 bridgehead atoms. The number of nitrogens with zero attached hydrogens (tertiary/aromatic N) is 1. The SMILES string of the molecule is Cc1cc(NC(=O)C2CN(S(C)(=O)=O)C2)ccc1Br. The van der Waals surface area contributed by atoms with Gasteiger partial charge in [0, 0.05) is 23.2 Å². The minimum atomic E-state index is -3.17. The predicted octanol–water partition coefficient (Wildman–Crippen LogP) is 1.59. The van der Waals surface area contributed by atoms with Crippen LogP contribution in [0.2, 0.25) is 0 Å². The van der Waals surface area contributed by atoms with Crippen LogP contribution < -0.4 is 5.32 Å². The molecule has 1 aliphatic heterocycles. The third-order valence-electron chi connectivity index (χ3n) is 3.11. The van der Waals surface area contributed by atoms with Crippen LogP contribution in [-0.4, -0.2) is 38.0 Å². The molecule has 1 heterocycles. The van der Waals surface area contributed by atoms with Crippen molar-refractivity contribution in [3.8, 4) is 0 Å². The normalized spacial score (nSPS) is 17.0. The van der Waals surface area contributed by atoms with Gasteiger partial charge < -0.3 is 5.32 Å². The monoisotopic (exact) mass is 346 g/mol. The summed E-state index contributed by atoms with van der Waals surface area (Å²) in [6, 6.07) is 5.55. The molecule has 19 heavy (non-hydrogen) atoms. The van der Waals surface area contributed by atoms with Crippen molar-refractivity contribution in [3.05, 3.63) is 28.2 Å². The molecule has 0 aromatic heterocycles. The predicted molar refractivity (Wildman–Crippen MR) is 77.4 cm³/mol. The van der Waals surface area contributed by atoms with Crippen molar-refractivity contribution >= 4 is 37.5 Å². The van der Waals surface area contributed by atoms with E-state index in [-0.39, 0.29) is 24.9 Å². The Hall–Kier alpha value is -0.920. The zero-order chi connectivity index (χ0) is 14.2. The number of anilines is 1. The van der Waals surface area contributed by atoms with Gasteiger partial charge in [0.2, 0.25) is 15.9 Å². The van der Waals surface area contributed by atoms with E-state index in [1.54, 1.807) is 0 Å². The van der Waals surface area contributed by atoms with Crippen LogP contribution in [0.15, 0.2) is 22.7 Å². The summed E-state index contributed by atoms with van der Waals surface area (Å²) in [4.78, 5) is 11.9. The molecule has 1 aliphatic rings. The van der Waals surface area contributed by atoms with Gasteiger partial charge in [-0.25, -0.2) is 12.7 Å². The number of amides is 1. The lowest BCUT2D eigenvalue weighted by Crippen LogP contribution is -2.53. The molecule has 7 heteroatoms. The lowest BCUT2D eigenvalue weighted by atomic mass is 10.0. The summed E-state index contributed by atoms with van der Waals surface area (Å²) in [5.74, 6) is -0.402. The van der Waals surface area contributed by atoms with Crippen LogP contribution in [0.25, 0.3) is 0 Å². The fourth-order valence-electron chi connectivity index (χ4n) is 1.84. The van der Waals surface area contributed by atoms with Crippen molar-refractivity contribution in [1.29, 1.82) is 0 Å². The highest BCUT2D eigenvalue weighted by atomic mass is 79.9. The fourth-order valence-corrected chi connectivity index (χ4v) is 2.99. The van der Waals surface area contributed by atoms with Crippen LogP contribution in [0.4, 0.5) is 5.69 Å². The van der Waals surface area contributed by atoms with Gasteiger partial charge in [0.1, 0.15) is 0 Å². The smallest absolute Gasteiger partial charge is 0.230 e. The zero-order valence-electron chi connectivity index (χ0n) is 10.7. The Balaban J connectivity index is 1.94. The van der Waals surface area contributed by atoms with E-state index in [1.165, 1.54) is 4.31 Å². The van der Waals surface area contributed by atoms with Crippen molar-refractivity contribution < 1.29 is 13.2 Å². The molecule has 1 amide bonds. The Morgan fingerprint density at radius 1 is 1.42 bits per heavy atom. The van der Waals surface area contributed by atoms with Gasteiger partial charge in [-0.05, 0) is 30.7 Å². The Bertz CT molecular complexity index is 609. The molecule has 1 fully saturated rings. The van der Waals surface area contributed by atoms with E-state index in [9.17, 15) is 13.2 Å². The highest BCUT2D eigenvalue weighted by molar-refractivity contribution is 9.10. The van der Waals surface area contributed by atoms with Crippen molar-refractivity contribution in [3.63, 3.8) is 0 Å². The number of carbonyl (C=O) groups is 1. The van der Waals surface area contributed by atoms with E-state index < -0.39 is 10.0 Å². The maximum absolute atomic E-state index is 11.9. The van der Waals surface area contributed by atoms with Crippen molar-refractivity contribution in [2.24, 2.45) is 5.92 Å². The number of hydrogen-bond donors (Lipinski definition) is 1. The molecule has 0 spiro atoms. The number of nitrogens with one attached hydrogen (secondary N) is 1. The standard InChI is InChI=1S/C12H15BrN2O3S/c1-8-5-10(3-4-11(8)13)14-12(16)9-6-15(7-9)19(2,17)18/h3-5,9H,6-7H2,1-2H3,(H,14,16). The molecule has 0 aliphatic carbocycles. The van der Waals surface area contributed by atoms with Gasteiger partial charge in [-0.3, -0.25) is 4.79 Å². The molecule has 1 aromatic carbocycles. The molecule has 0 unspecified atom stereocenters. The summed E-state index contributed by atoms with van der Waals surface area (Å²) < 4.78 is 24.7. The van der Waals surface area contributed by atoms with Gasteiger partial charge in [-0.1, -0.05) is 15.9 Å². The number of sulfonamides is 1. The van der Waals surface area contributed by atoms with Crippen LogP contribution in [0.1, 0.15) is 5.56 Å². The van der Waals surface area contributed by atoms with Crippen LogP contribution in [0.5, 0.6) is 0 Å². The second-order valence-electron chi connectivity index (χ2n) is 4.73. The zero-order valence-corrected chi connectivity index (χ0v) is 13.1. The largest absolute Gasteiger partial charge is 0.326 e. The Morgan fingerprint density at radius 2 is 2.05 bits per heavy atom. The van der Waals surface area contributed by atoms with E-state index in [2.05, 4.69) is 21.2 Å². The van der Waals surface area contributed by atoms with E-state index in [0.29, 0.717) is 0 Å². The maximum atomic E-state index is 11.9. The number of carbonyl (C=O) groups excluding carboxylic acids is 1. The molecule has 5 nitrogen and oxygen atoms in total. The molecule has 0 radical (unpaired) electrons. The van der Waals surface area contributed by atoms with Crippen LogP contribution >= 0.6 is 15.9 Å². The van der Waals surface area contributed by atoms with E-state index in [0.717, 1.165) is 22.0 Å². The van der Waals surface area contributed by atoms with Crippen LogP contribution in [0.3, 0.4) is 0 Å². The summed E-state index contributed by atoms with van der Waals surface area (Å²) in [6.07, 6.45) is 1.15. The topological polar surface area (TPSA) is 66.5 Å². The third-order valence-corrected chi connectivity index (χ3v) is 5.24. The molecule has 0 atom stereocenters. The first kappa shape index (κ1) is 14.5. The minimum absolute atomic E-state index is 0.137. The number of aryl methyl sites for hydroxylation is 1. The third kappa shape index (κ3) is 3.34. The molecular weight excluding hydrogens is 332 g/mol. The van der Waals surface area contributed by atoms with Gasteiger partial charge >= 0.3 is 0 Å². The first-order chi connectivity index (χ1) is 8.77. The van der Waals surface area contributed by atoms with Gasteiger partial charge in [-0.2, -0.15) is 0 Å². The number of hydrogen-bond acceptors (Lipinski definition) is 3. The lowest BCUT2D eigenvalue weighted by Gasteiger charge is -2.35. The summed E-state index contributed by atoms with van der Waals surface area (Å²) in [6.45, 7) is 2.47. The van der Waals surface area contributed by atoms with Gasteiger partial charge in [0.15, 0.2) is 0 Å². The van der Waals surface area contributed by atoms with E-state index >= 15 is 0 Å². The van der Waals surface area contributed by atoms with Crippen molar-refractivity contribution in [2.75, 3.05) is 24.7 Å². The van der Waals surface area contributed by atoms with Gasteiger partial charge in [0.05, 0.1) is 12.2 Å². The van der Waals surface area contributed by atoms with Crippen molar-refractivity contribution in [1.82, 2.24) is 4.31 Å². The average molecular weight is 347 g/mol. The average Bonchev–Trinajstić information content (AvgIpc) is 2.19. The molecule has 104 valence electrons. The fraction of sp³-hybridized carbons (Fsp3) is 0.417. The molecule has 1 aromatic rings. The second-order valence-corrected chi connectivity index (χ2v) is 7.57. The Morgan fingerprint density at radius 3 is 2.58 bits per heavy atom. The van der Waals surface area contributed by atoms with Crippen LogP contribution in [0, 0.1) is 12.8 Å². The Labute approximate surface area is 121 Å². The van der Waals surface area contributed by atoms with Crippen LogP contribution in [-0.2, 0) is 14.8 Å². The summed E-state index contributed by atoms with van der Waals surface area (Å²) >= 11 is 3.39. The van der Waals surface area contributed by atoms with Crippen molar-refractivity contribution in [2.45, 2.75) is 6.92 Å². The first-order valence-electron chi connectivity index (χ1n) is 5.79. The molecular formula is C12H15BrN2O3S. The number of benzene rings is 1. The minimum Gasteiger partial charge on any atom is -0.326 e. The summed E-state index contributed by atoms with van der Waals surface area (Å²) in [5.41, 5.74) is 1.76. The summed E-state index contributed by atoms with van der Waals surface area (Å²) in [5, 5.41) is 2.80. The van der Waals surface area contributed by atoms with E-state index in [1.807, 2.05) is 25.1 Å². The molecule has 0 saturated carbocycles. The molecule has 2 rings (SSSR count). The van der Waals surface area contributed by atoms with Gasteiger partial charge in [-0.15, -0.1) is 0 Å². The van der Waals surface area contributed by atoms with E-state index in [4.69, 9.17) is 0 Å². The lowest BCUT2D eigenvalue weighted by molar-refractivity contribution is -0.122. The number of rotatable bonds is 3. The quantitative estimate of drug-likeness (QED) is 0.903.